The van der Waals surface area contributed by atoms with E-state index in [0.717, 1.165) is 5.56 Å². The minimum atomic E-state index is -4.38. The van der Waals surface area contributed by atoms with Crippen LogP contribution in [0, 0.1) is 0 Å². The zero-order valence-electron chi connectivity index (χ0n) is 10.6. The van der Waals surface area contributed by atoms with Gasteiger partial charge in [0.05, 0.1) is 11.1 Å². The lowest BCUT2D eigenvalue weighted by Gasteiger charge is -2.15. The average Bonchev–Trinajstić information content (AvgIpc) is 2.35. The summed E-state index contributed by atoms with van der Waals surface area (Å²) in [6.07, 6.45) is -4.38. The van der Waals surface area contributed by atoms with Gasteiger partial charge in [-0.3, -0.25) is 0 Å². The molecule has 0 aliphatic heterocycles. The number of benzene rings is 1. The Kier molecular flexibility index (Phi) is 6.91. The molecule has 0 spiro atoms. The first-order valence-electron chi connectivity index (χ1n) is 5.66. The molecule has 114 valence electrons. The Morgan fingerprint density at radius 1 is 1.25 bits per heavy atom. The lowest BCUT2D eigenvalue weighted by molar-refractivity contribution is -0.186. The molecule has 0 atom stereocenters. The van der Waals surface area contributed by atoms with Gasteiger partial charge in [0.25, 0.3) is 0 Å². The van der Waals surface area contributed by atoms with Crippen molar-refractivity contribution in [3.8, 4) is 11.5 Å². The molecule has 0 aliphatic carbocycles. The van der Waals surface area contributed by atoms with Gasteiger partial charge in [-0.15, -0.1) is 11.6 Å². The molecule has 1 rings (SSSR count). The molecule has 0 aliphatic rings. The smallest absolute Gasteiger partial charge is 0.411 e. The highest BCUT2D eigenvalue weighted by atomic mass is 79.9. The van der Waals surface area contributed by atoms with Crippen molar-refractivity contribution in [2.24, 2.45) is 0 Å². The Bertz CT molecular complexity index is 441. The van der Waals surface area contributed by atoms with Crippen LogP contribution in [-0.2, 0) is 10.6 Å². The van der Waals surface area contributed by atoms with Gasteiger partial charge in [-0.25, -0.2) is 0 Å². The molecule has 0 amide bonds. The third-order valence-corrected chi connectivity index (χ3v) is 2.97. The summed E-state index contributed by atoms with van der Waals surface area (Å²) in [5.41, 5.74) is 0.797. The van der Waals surface area contributed by atoms with E-state index in [1.165, 1.54) is 0 Å². The number of hydrogen-bond donors (Lipinski definition) is 0. The summed E-state index contributed by atoms with van der Waals surface area (Å²) in [4.78, 5) is 0. The van der Waals surface area contributed by atoms with E-state index in [1.807, 2.05) is 0 Å². The van der Waals surface area contributed by atoms with E-state index < -0.39 is 19.6 Å². The van der Waals surface area contributed by atoms with Gasteiger partial charge < -0.3 is 14.2 Å². The topological polar surface area (TPSA) is 27.7 Å². The Morgan fingerprint density at radius 2 is 1.95 bits per heavy atom. The molecular formula is C12H13BrClF3O3. The Balaban J connectivity index is 2.72. The van der Waals surface area contributed by atoms with Crippen molar-refractivity contribution in [1.82, 2.24) is 0 Å². The van der Waals surface area contributed by atoms with E-state index in [4.69, 9.17) is 21.1 Å². The van der Waals surface area contributed by atoms with Crippen LogP contribution in [0.25, 0.3) is 0 Å². The summed E-state index contributed by atoms with van der Waals surface area (Å²) in [6, 6.07) is 3.37. The number of alkyl halides is 4. The Hall–Kier alpha value is -0.660. The van der Waals surface area contributed by atoms with Gasteiger partial charge in [0, 0.05) is 5.88 Å². The molecular weight excluding hydrogens is 364 g/mol. The van der Waals surface area contributed by atoms with Crippen LogP contribution in [0.3, 0.4) is 0 Å². The van der Waals surface area contributed by atoms with Crippen molar-refractivity contribution in [2.75, 3.05) is 20.0 Å². The van der Waals surface area contributed by atoms with Crippen LogP contribution in [0.15, 0.2) is 16.6 Å². The third kappa shape index (κ3) is 5.76. The van der Waals surface area contributed by atoms with Crippen LogP contribution in [0.4, 0.5) is 13.2 Å². The molecule has 0 fully saturated rings. The number of hydrogen-bond acceptors (Lipinski definition) is 3. The van der Waals surface area contributed by atoms with Crippen LogP contribution >= 0.6 is 27.5 Å². The zero-order chi connectivity index (χ0) is 15.2. The van der Waals surface area contributed by atoms with E-state index in [2.05, 4.69) is 20.7 Å². The number of ether oxygens (including phenoxy) is 3. The standard InChI is InChI=1S/C12H13BrClF3O3/c1-2-19-10-4-8(5-14)3-9(13)11(10)20-7-18-6-12(15,16)17/h3-4H,2,5-7H2,1H3. The van der Waals surface area contributed by atoms with Gasteiger partial charge >= 0.3 is 6.18 Å². The summed E-state index contributed by atoms with van der Waals surface area (Å²) in [7, 11) is 0. The van der Waals surface area contributed by atoms with Crippen molar-refractivity contribution in [3.63, 3.8) is 0 Å². The van der Waals surface area contributed by atoms with E-state index >= 15 is 0 Å². The summed E-state index contributed by atoms with van der Waals surface area (Å²) in [6.45, 7) is 0.274. The summed E-state index contributed by atoms with van der Waals surface area (Å²) >= 11 is 8.99. The van der Waals surface area contributed by atoms with Crippen LogP contribution < -0.4 is 9.47 Å². The van der Waals surface area contributed by atoms with Crippen LogP contribution in [-0.4, -0.2) is 26.2 Å². The van der Waals surface area contributed by atoms with Crippen molar-refractivity contribution in [2.45, 2.75) is 19.0 Å². The molecule has 3 nitrogen and oxygen atoms in total. The normalized spacial score (nSPS) is 11.5. The van der Waals surface area contributed by atoms with Crippen molar-refractivity contribution in [3.05, 3.63) is 22.2 Å². The maximum absolute atomic E-state index is 11.9. The predicted molar refractivity (Wildman–Crippen MR) is 72.4 cm³/mol. The first-order chi connectivity index (χ1) is 9.37. The molecule has 0 saturated carbocycles. The fourth-order valence-corrected chi connectivity index (χ4v) is 2.12. The van der Waals surface area contributed by atoms with E-state index in [0.29, 0.717) is 16.8 Å². The largest absolute Gasteiger partial charge is 0.490 e. The number of halogens is 5. The number of rotatable bonds is 7. The van der Waals surface area contributed by atoms with Gasteiger partial charge in [-0.1, -0.05) is 0 Å². The molecule has 0 bridgehead atoms. The predicted octanol–water partition coefficient (Wildman–Crippen LogP) is 4.50. The lowest BCUT2D eigenvalue weighted by Crippen LogP contribution is -2.19. The molecule has 8 heteroatoms. The molecule has 0 unspecified atom stereocenters. The minimum absolute atomic E-state index is 0.280. The Labute approximate surface area is 128 Å². The molecule has 0 aromatic heterocycles. The highest BCUT2D eigenvalue weighted by Crippen LogP contribution is 2.37. The van der Waals surface area contributed by atoms with E-state index in [-0.39, 0.29) is 11.6 Å². The molecule has 0 saturated heterocycles. The molecule has 1 aromatic carbocycles. The monoisotopic (exact) mass is 376 g/mol. The van der Waals surface area contributed by atoms with Gasteiger partial charge in [0.2, 0.25) is 0 Å². The molecule has 0 heterocycles. The minimum Gasteiger partial charge on any atom is -0.490 e. The SMILES string of the molecule is CCOc1cc(CCl)cc(Br)c1OCOCC(F)(F)F. The fourth-order valence-electron chi connectivity index (χ4n) is 1.36. The van der Waals surface area contributed by atoms with Crippen molar-refractivity contribution in [1.29, 1.82) is 0 Å². The van der Waals surface area contributed by atoms with Crippen LogP contribution in [0.1, 0.15) is 12.5 Å². The molecule has 0 radical (unpaired) electrons. The van der Waals surface area contributed by atoms with Gasteiger partial charge in [-0.05, 0) is 40.5 Å². The summed E-state index contributed by atoms with van der Waals surface area (Å²) < 4.78 is 51.3. The second-order valence-electron chi connectivity index (χ2n) is 3.70. The van der Waals surface area contributed by atoms with E-state index in [1.54, 1.807) is 19.1 Å². The third-order valence-electron chi connectivity index (χ3n) is 2.08. The van der Waals surface area contributed by atoms with Crippen molar-refractivity contribution < 1.29 is 27.4 Å². The molecule has 20 heavy (non-hydrogen) atoms. The maximum atomic E-state index is 11.9. The lowest BCUT2D eigenvalue weighted by atomic mass is 10.2. The molecule has 0 N–H and O–H groups in total. The van der Waals surface area contributed by atoms with Gasteiger partial charge in [0.1, 0.15) is 6.61 Å². The first-order valence-corrected chi connectivity index (χ1v) is 6.98. The van der Waals surface area contributed by atoms with Crippen LogP contribution in [0.2, 0.25) is 0 Å². The van der Waals surface area contributed by atoms with Gasteiger partial charge in [-0.2, -0.15) is 13.2 Å². The summed E-state index contributed by atoms with van der Waals surface area (Å²) in [5, 5.41) is 0. The molecule has 1 aromatic rings. The highest BCUT2D eigenvalue weighted by Gasteiger charge is 2.27. The first kappa shape index (κ1) is 17.4. The summed E-state index contributed by atoms with van der Waals surface area (Å²) in [5.74, 6) is 0.958. The quantitative estimate of drug-likeness (QED) is 0.398. The highest BCUT2D eigenvalue weighted by molar-refractivity contribution is 9.10. The van der Waals surface area contributed by atoms with Crippen molar-refractivity contribution >= 4 is 27.5 Å². The maximum Gasteiger partial charge on any atom is 0.411 e. The second kappa shape index (κ2) is 7.95. The zero-order valence-corrected chi connectivity index (χ0v) is 12.9. The second-order valence-corrected chi connectivity index (χ2v) is 4.82. The van der Waals surface area contributed by atoms with Crippen LogP contribution in [0.5, 0.6) is 11.5 Å². The van der Waals surface area contributed by atoms with E-state index in [9.17, 15) is 13.2 Å². The average molecular weight is 378 g/mol. The van der Waals surface area contributed by atoms with Gasteiger partial charge in [0.15, 0.2) is 18.3 Å². The fraction of sp³-hybridized carbons (Fsp3) is 0.500. The Morgan fingerprint density at radius 3 is 2.50 bits per heavy atom.